The van der Waals surface area contributed by atoms with Crippen LogP contribution in [-0.2, 0) is 9.53 Å². The van der Waals surface area contributed by atoms with Gasteiger partial charge < -0.3 is 19.3 Å². The quantitative estimate of drug-likeness (QED) is 0.369. The van der Waals surface area contributed by atoms with Crippen molar-refractivity contribution < 1.29 is 9.53 Å². The molecule has 2 aliphatic heterocycles. The van der Waals surface area contributed by atoms with Crippen LogP contribution in [0.1, 0.15) is 51.4 Å². The van der Waals surface area contributed by atoms with E-state index in [-0.39, 0.29) is 5.92 Å². The lowest BCUT2D eigenvalue weighted by Gasteiger charge is -2.34. The molecule has 1 atom stereocenters. The van der Waals surface area contributed by atoms with Crippen LogP contribution in [0.5, 0.6) is 0 Å². The third-order valence-corrected chi connectivity index (χ3v) is 8.83. The van der Waals surface area contributed by atoms with Gasteiger partial charge in [-0.3, -0.25) is 0 Å². The van der Waals surface area contributed by atoms with E-state index >= 15 is 0 Å². The lowest BCUT2D eigenvalue weighted by Crippen LogP contribution is -2.39. The van der Waals surface area contributed by atoms with Crippen LogP contribution in [0.25, 0.3) is 21.7 Å². The van der Waals surface area contributed by atoms with Crippen LogP contribution in [0.4, 0.5) is 11.1 Å². The number of hydrogen-bond acceptors (Lipinski definition) is 9. The van der Waals surface area contributed by atoms with E-state index in [4.69, 9.17) is 4.74 Å². The highest BCUT2D eigenvalue weighted by Gasteiger charge is 2.25. The smallest absolute Gasteiger partial charge is 0.225 e. The number of aromatic nitrogens is 4. The molecule has 1 aliphatic carbocycles. The second-order valence-corrected chi connectivity index (χ2v) is 11.4. The van der Waals surface area contributed by atoms with Crippen LogP contribution in [0.3, 0.4) is 0 Å². The highest BCUT2D eigenvalue weighted by Crippen LogP contribution is 2.32. The lowest BCUT2D eigenvalue weighted by atomic mass is 9.97. The Morgan fingerprint density at radius 1 is 0.816 bits per heavy atom. The van der Waals surface area contributed by atoms with Crippen molar-refractivity contribution in [2.45, 2.75) is 63.6 Å². The molecular weight excluding hydrogens is 496 g/mol. The number of rotatable bonds is 7. The molecule has 6 rings (SSSR count). The number of piperidine rings is 1. The standard InChI is InChI=1S/C29H34N6O2S/c36-20-21-10-14-35(15-11-21)29-33-32-27(38-29)23-8-6-22(7-9-23)24-18-30-28(31-19-24)34-16-12-26(13-17-34)37-25-4-2-1-3-5-25/h6-10,14,18-21,25-26H,1-5,11-13,15-17H2. The van der Waals surface area contributed by atoms with Crippen LogP contribution in [-0.4, -0.2) is 58.3 Å². The number of nitrogens with zero attached hydrogens (tertiary/aromatic N) is 6. The van der Waals surface area contributed by atoms with Crippen molar-refractivity contribution in [1.29, 1.82) is 0 Å². The molecule has 8 nitrogen and oxygen atoms in total. The van der Waals surface area contributed by atoms with Gasteiger partial charge in [-0.05, 0) is 37.7 Å². The first-order valence-corrected chi connectivity index (χ1v) is 14.6. The SMILES string of the molecule is O=CC1C=CN(c2nnc(-c3ccc(-c4cnc(N5CCC(OC6CCCCC6)CC5)nc4)cc3)s2)CC1. The summed E-state index contributed by atoms with van der Waals surface area (Å²) in [6, 6.07) is 8.30. The molecule has 0 radical (unpaired) electrons. The summed E-state index contributed by atoms with van der Waals surface area (Å²) in [6.45, 7) is 2.66. The van der Waals surface area contributed by atoms with E-state index in [0.29, 0.717) is 12.2 Å². The summed E-state index contributed by atoms with van der Waals surface area (Å²) in [4.78, 5) is 24.7. The fourth-order valence-corrected chi connectivity index (χ4v) is 6.36. The zero-order valence-electron chi connectivity index (χ0n) is 21.6. The van der Waals surface area contributed by atoms with Crippen LogP contribution in [0, 0.1) is 5.92 Å². The van der Waals surface area contributed by atoms with Crippen molar-refractivity contribution >= 4 is 28.7 Å². The number of carbonyl (C=O) groups excluding carboxylic acids is 1. The van der Waals surface area contributed by atoms with Gasteiger partial charge in [0, 0.05) is 55.3 Å². The molecular formula is C29H34N6O2S. The number of aldehydes is 1. The monoisotopic (exact) mass is 530 g/mol. The summed E-state index contributed by atoms with van der Waals surface area (Å²) in [5.74, 6) is 0.802. The molecule has 1 aromatic carbocycles. The molecule has 0 spiro atoms. The molecule has 3 aliphatic rings. The zero-order chi connectivity index (χ0) is 25.7. The number of benzene rings is 1. The second kappa shape index (κ2) is 11.7. The molecule has 198 valence electrons. The van der Waals surface area contributed by atoms with E-state index in [2.05, 4.69) is 54.2 Å². The largest absolute Gasteiger partial charge is 0.375 e. The number of ether oxygens (including phenoxy) is 1. The second-order valence-electron chi connectivity index (χ2n) is 10.4. The summed E-state index contributed by atoms with van der Waals surface area (Å²) in [7, 11) is 0. The summed E-state index contributed by atoms with van der Waals surface area (Å²) in [6.07, 6.45) is 18.9. The van der Waals surface area contributed by atoms with Gasteiger partial charge in [0.25, 0.3) is 0 Å². The predicted octanol–water partition coefficient (Wildman–Crippen LogP) is 5.52. The molecule has 4 heterocycles. The average molecular weight is 531 g/mol. The highest BCUT2D eigenvalue weighted by molar-refractivity contribution is 7.18. The lowest BCUT2D eigenvalue weighted by molar-refractivity contribution is -0.110. The Balaban J connectivity index is 1.04. The number of carbonyl (C=O) groups is 1. The normalized spacial score (nSPS) is 21.1. The summed E-state index contributed by atoms with van der Waals surface area (Å²) >= 11 is 1.56. The number of allylic oxidation sites excluding steroid dienone is 1. The Hall–Kier alpha value is -3.17. The minimum absolute atomic E-state index is 0.00185. The molecule has 3 aromatic rings. The molecule has 0 amide bonds. The topological polar surface area (TPSA) is 84.3 Å². The Labute approximate surface area is 227 Å². The van der Waals surface area contributed by atoms with E-state index in [1.54, 1.807) is 11.3 Å². The van der Waals surface area contributed by atoms with E-state index in [1.807, 2.05) is 24.7 Å². The molecule has 1 saturated heterocycles. The fraction of sp³-hybridized carbons (Fsp3) is 0.483. The van der Waals surface area contributed by atoms with Crippen molar-refractivity contribution in [3.8, 4) is 21.7 Å². The van der Waals surface area contributed by atoms with Crippen LogP contribution in [0.2, 0.25) is 0 Å². The molecule has 2 aromatic heterocycles. The van der Waals surface area contributed by atoms with E-state index in [9.17, 15) is 4.79 Å². The van der Waals surface area contributed by atoms with Crippen molar-refractivity contribution in [2.24, 2.45) is 5.92 Å². The van der Waals surface area contributed by atoms with Crippen molar-refractivity contribution in [1.82, 2.24) is 20.2 Å². The number of hydrogen-bond donors (Lipinski definition) is 0. The Bertz CT molecular complexity index is 1230. The van der Waals surface area contributed by atoms with E-state index < -0.39 is 0 Å². The van der Waals surface area contributed by atoms with Crippen molar-refractivity contribution in [2.75, 3.05) is 29.4 Å². The van der Waals surface area contributed by atoms with Gasteiger partial charge in [-0.1, -0.05) is 60.9 Å². The Kier molecular flexibility index (Phi) is 7.74. The van der Waals surface area contributed by atoms with Gasteiger partial charge in [0.05, 0.1) is 12.2 Å². The van der Waals surface area contributed by atoms with Gasteiger partial charge in [0.2, 0.25) is 11.1 Å². The van der Waals surface area contributed by atoms with Crippen LogP contribution in [0.15, 0.2) is 48.9 Å². The Morgan fingerprint density at radius 2 is 1.53 bits per heavy atom. The molecule has 38 heavy (non-hydrogen) atoms. The van der Waals surface area contributed by atoms with Gasteiger partial charge >= 0.3 is 0 Å². The van der Waals surface area contributed by atoms with Gasteiger partial charge in [0.1, 0.15) is 11.3 Å². The van der Waals surface area contributed by atoms with Crippen LogP contribution >= 0.6 is 11.3 Å². The molecule has 1 unspecified atom stereocenters. The van der Waals surface area contributed by atoms with Gasteiger partial charge in [-0.2, -0.15) is 0 Å². The van der Waals surface area contributed by atoms with Gasteiger partial charge in [-0.25, -0.2) is 9.97 Å². The summed E-state index contributed by atoms with van der Waals surface area (Å²) in [5.41, 5.74) is 3.10. The minimum atomic E-state index is 0.00185. The van der Waals surface area contributed by atoms with Gasteiger partial charge in [0.15, 0.2) is 0 Å². The summed E-state index contributed by atoms with van der Waals surface area (Å²) in [5, 5.41) is 10.5. The minimum Gasteiger partial charge on any atom is -0.375 e. The first-order chi connectivity index (χ1) is 18.7. The van der Waals surface area contributed by atoms with E-state index in [1.165, 1.54) is 32.1 Å². The molecule has 2 fully saturated rings. The molecule has 9 heteroatoms. The predicted molar refractivity (Wildman–Crippen MR) is 150 cm³/mol. The molecule has 1 saturated carbocycles. The first-order valence-electron chi connectivity index (χ1n) is 13.8. The van der Waals surface area contributed by atoms with Crippen LogP contribution < -0.4 is 9.80 Å². The molecule has 0 bridgehead atoms. The molecule has 0 N–H and O–H groups in total. The third kappa shape index (κ3) is 5.78. The summed E-state index contributed by atoms with van der Waals surface area (Å²) < 4.78 is 6.38. The first kappa shape index (κ1) is 25.1. The zero-order valence-corrected chi connectivity index (χ0v) is 22.4. The average Bonchev–Trinajstić information content (AvgIpc) is 3.49. The highest BCUT2D eigenvalue weighted by atomic mass is 32.1. The number of anilines is 2. The maximum atomic E-state index is 11.0. The van der Waals surface area contributed by atoms with Crippen molar-refractivity contribution in [3.63, 3.8) is 0 Å². The van der Waals surface area contributed by atoms with E-state index in [0.717, 1.165) is 78.0 Å². The van der Waals surface area contributed by atoms with Crippen molar-refractivity contribution in [3.05, 3.63) is 48.9 Å². The third-order valence-electron chi connectivity index (χ3n) is 7.82. The Morgan fingerprint density at radius 3 is 2.21 bits per heavy atom. The van der Waals surface area contributed by atoms with Gasteiger partial charge in [-0.15, -0.1) is 10.2 Å². The maximum Gasteiger partial charge on any atom is 0.225 e. The maximum absolute atomic E-state index is 11.0. The fourth-order valence-electron chi connectivity index (χ4n) is 5.50.